The first-order valence-corrected chi connectivity index (χ1v) is 6.34. The summed E-state index contributed by atoms with van der Waals surface area (Å²) >= 11 is 0. The van der Waals surface area contributed by atoms with Gasteiger partial charge in [-0.05, 0) is 44.5 Å². The molecule has 103 valence electrons. The molecule has 0 spiro atoms. The van der Waals surface area contributed by atoms with Crippen LogP contribution in [-0.2, 0) is 9.53 Å². The van der Waals surface area contributed by atoms with Gasteiger partial charge >= 0.3 is 11.9 Å². The second-order valence-electron chi connectivity index (χ2n) is 4.41. The molecule has 1 aromatic rings. The van der Waals surface area contributed by atoms with Crippen molar-refractivity contribution in [2.45, 2.75) is 39.2 Å². The minimum absolute atomic E-state index is 0.160. The lowest BCUT2D eigenvalue weighted by Gasteiger charge is -2.08. The van der Waals surface area contributed by atoms with Gasteiger partial charge in [0.15, 0.2) is 0 Å². The summed E-state index contributed by atoms with van der Waals surface area (Å²) in [7, 11) is 0. The van der Waals surface area contributed by atoms with Crippen molar-refractivity contribution in [1.29, 1.82) is 0 Å². The first kappa shape index (κ1) is 15.2. The van der Waals surface area contributed by atoms with Crippen molar-refractivity contribution in [2.24, 2.45) is 0 Å². The summed E-state index contributed by atoms with van der Waals surface area (Å²) < 4.78 is 10.2. The van der Waals surface area contributed by atoms with Crippen molar-refractivity contribution in [2.75, 3.05) is 0 Å². The molecule has 0 fully saturated rings. The zero-order valence-corrected chi connectivity index (χ0v) is 11.3. The molecule has 1 rings (SSSR count). The van der Waals surface area contributed by atoms with Gasteiger partial charge in [-0.15, -0.1) is 0 Å². The van der Waals surface area contributed by atoms with Gasteiger partial charge in [0, 0.05) is 6.42 Å². The number of carbonyl (C=O) groups is 2. The van der Waals surface area contributed by atoms with Crippen LogP contribution in [0.1, 0.15) is 43.5 Å². The van der Waals surface area contributed by atoms with Crippen LogP contribution in [0.5, 0.6) is 5.75 Å². The fourth-order valence-corrected chi connectivity index (χ4v) is 1.39. The van der Waals surface area contributed by atoms with Gasteiger partial charge in [-0.25, -0.2) is 4.79 Å². The van der Waals surface area contributed by atoms with E-state index >= 15 is 0 Å². The Balaban J connectivity index is 2.56. The van der Waals surface area contributed by atoms with Crippen LogP contribution in [0.2, 0.25) is 0 Å². The summed E-state index contributed by atoms with van der Waals surface area (Å²) in [4.78, 5) is 23.0. The van der Waals surface area contributed by atoms with E-state index in [1.165, 1.54) is 0 Å². The van der Waals surface area contributed by atoms with E-state index in [0.717, 1.165) is 0 Å². The molecule has 0 heterocycles. The van der Waals surface area contributed by atoms with Crippen LogP contribution in [-0.4, -0.2) is 18.0 Å². The van der Waals surface area contributed by atoms with Gasteiger partial charge in [0.2, 0.25) is 0 Å². The topological polar surface area (TPSA) is 52.6 Å². The molecule has 0 aliphatic heterocycles. The SMILES string of the molecule is [CH2]CCCC(=O)Oc1ccc(C(=O)OC(C)C)cc1. The van der Waals surface area contributed by atoms with Gasteiger partial charge in [-0.3, -0.25) is 4.79 Å². The molecule has 4 heteroatoms. The Morgan fingerprint density at radius 2 is 1.84 bits per heavy atom. The van der Waals surface area contributed by atoms with Gasteiger partial charge in [-0.1, -0.05) is 13.3 Å². The number of hydrogen-bond acceptors (Lipinski definition) is 4. The third-order valence-corrected chi connectivity index (χ3v) is 2.30. The van der Waals surface area contributed by atoms with E-state index in [9.17, 15) is 9.59 Å². The molecule has 0 aromatic heterocycles. The molecule has 1 aromatic carbocycles. The summed E-state index contributed by atoms with van der Waals surface area (Å²) in [6.07, 6.45) is 1.60. The summed E-state index contributed by atoms with van der Waals surface area (Å²) in [5, 5.41) is 0. The minimum Gasteiger partial charge on any atom is -0.459 e. The monoisotopic (exact) mass is 263 g/mol. The Kier molecular flexibility index (Phi) is 6.06. The summed E-state index contributed by atoms with van der Waals surface area (Å²) in [5.41, 5.74) is 0.436. The average molecular weight is 263 g/mol. The molecule has 1 radical (unpaired) electrons. The molecule has 0 atom stereocenters. The molecular weight excluding hydrogens is 244 g/mol. The Bertz CT molecular complexity index is 420. The zero-order chi connectivity index (χ0) is 14.3. The predicted octanol–water partition coefficient (Wildman–Crippen LogP) is 3.16. The maximum absolute atomic E-state index is 11.6. The van der Waals surface area contributed by atoms with Crippen molar-refractivity contribution in [1.82, 2.24) is 0 Å². The largest absolute Gasteiger partial charge is 0.459 e. The maximum atomic E-state index is 11.6. The summed E-state index contributed by atoms with van der Waals surface area (Å²) in [6.45, 7) is 7.24. The van der Waals surface area contributed by atoms with Crippen LogP contribution >= 0.6 is 0 Å². The molecule has 0 N–H and O–H groups in total. The fraction of sp³-hybridized carbons (Fsp3) is 0.400. The number of carbonyl (C=O) groups excluding carboxylic acids is 2. The van der Waals surface area contributed by atoms with Crippen molar-refractivity contribution in [3.05, 3.63) is 36.8 Å². The normalized spacial score (nSPS) is 10.3. The lowest BCUT2D eigenvalue weighted by molar-refractivity contribution is -0.134. The molecular formula is C15H19O4. The number of rotatable bonds is 6. The molecule has 0 unspecified atom stereocenters. The molecule has 0 bridgehead atoms. The van der Waals surface area contributed by atoms with E-state index in [4.69, 9.17) is 9.47 Å². The smallest absolute Gasteiger partial charge is 0.338 e. The van der Waals surface area contributed by atoms with Crippen LogP contribution in [0.15, 0.2) is 24.3 Å². The number of hydrogen-bond donors (Lipinski definition) is 0. The highest BCUT2D eigenvalue weighted by Crippen LogP contribution is 2.14. The van der Waals surface area contributed by atoms with E-state index in [0.29, 0.717) is 30.6 Å². The third kappa shape index (κ3) is 5.55. The molecule has 0 aliphatic rings. The molecule has 4 nitrogen and oxygen atoms in total. The van der Waals surface area contributed by atoms with Crippen molar-refractivity contribution < 1.29 is 19.1 Å². The Morgan fingerprint density at radius 1 is 1.21 bits per heavy atom. The summed E-state index contributed by atoms with van der Waals surface area (Å²) in [5.74, 6) is -0.249. The van der Waals surface area contributed by atoms with E-state index in [1.807, 2.05) is 0 Å². The number of benzene rings is 1. The number of ether oxygens (including phenoxy) is 2. The van der Waals surface area contributed by atoms with Crippen LogP contribution in [0.3, 0.4) is 0 Å². The summed E-state index contributed by atoms with van der Waals surface area (Å²) in [6, 6.07) is 6.32. The van der Waals surface area contributed by atoms with Gasteiger partial charge in [0.1, 0.15) is 5.75 Å². The second kappa shape index (κ2) is 7.56. The van der Waals surface area contributed by atoms with E-state index < -0.39 is 0 Å². The molecule has 0 amide bonds. The first-order valence-electron chi connectivity index (χ1n) is 6.34. The van der Waals surface area contributed by atoms with Gasteiger partial charge in [0.05, 0.1) is 11.7 Å². The number of unbranched alkanes of at least 4 members (excludes halogenated alkanes) is 1. The molecule has 0 aliphatic carbocycles. The van der Waals surface area contributed by atoms with Gasteiger partial charge in [-0.2, -0.15) is 0 Å². The van der Waals surface area contributed by atoms with Gasteiger partial charge < -0.3 is 9.47 Å². The minimum atomic E-state index is -0.384. The fourth-order valence-electron chi connectivity index (χ4n) is 1.39. The Labute approximate surface area is 113 Å². The first-order chi connectivity index (χ1) is 9.02. The lowest BCUT2D eigenvalue weighted by Crippen LogP contribution is -2.11. The average Bonchev–Trinajstić information content (AvgIpc) is 2.36. The van der Waals surface area contributed by atoms with Crippen LogP contribution in [0, 0.1) is 6.92 Å². The van der Waals surface area contributed by atoms with Gasteiger partial charge in [0.25, 0.3) is 0 Å². The highest BCUT2D eigenvalue weighted by Gasteiger charge is 2.10. The zero-order valence-electron chi connectivity index (χ0n) is 11.3. The Morgan fingerprint density at radius 3 is 2.37 bits per heavy atom. The molecule has 0 saturated heterocycles. The predicted molar refractivity (Wildman–Crippen MR) is 71.8 cm³/mol. The van der Waals surface area contributed by atoms with Crippen LogP contribution in [0.4, 0.5) is 0 Å². The van der Waals surface area contributed by atoms with E-state index in [1.54, 1.807) is 38.1 Å². The molecule has 19 heavy (non-hydrogen) atoms. The van der Waals surface area contributed by atoms with E-state index in [2.05, 4.69) is 6.92 Å². The van der Waals surface area contributed by atoms with Crippen LogP contribution < -0.4 is 4.74 Å². The quantitative estimate of drug-likeness (QED) is 0.584. The standard InChI is InChI=1S/C15H19O4/c1-4-5-6-14(16)19-13-9-7-12(8-10-13)15(17)18-11(2)3/h7-11H,1,4-6H2,2-3H3. The maximum Gasteiger partial charge on any atom is 0.338 e. The second-order valence-corrected chi connectivity index (χ2v) is 4.41. The van der Waals surface area contributed by atoms with Crippen LogP contribution in [0.25, 0.3) is 0 Å². The van der Waals surface area contributed by atoms with E-state index in [-0.39, 0.29) is 18.0 Å². The van der Waals surface area contributed by atoms with Crippen molar-refractivity contribution in [3.8, 4) is 5.75 Å². The Hall–Kier alpha value is -1.84. The highest BCUT2D eigenvalue weighted by molar-refractivity contribution is 5.89. The highest BCUT2D eigenvalue weighted by atomic mass is 16.5. The van der Waals surface area contributed by atoms with Crippen molar-refractivity contribution in [3.63, 3.8) is 0 Å². The number of esters is 2. The van der Waals surface area contributed by atoms with Crippen molar-refractivity contribution >= 4 is 11.9 Å². The third-order valence-electron chi connectivity index (χ3n) is 2.30. The lowest BCUT2D eigenvalue weighted by atomic mass is 10.2. The molecule has 0 saturated carbocycles.